The summed E-state index contributed by atoms with van der Waals surface area (Å²) < 4.78 is 8.46. The fourth-order valence-electron chi connectivity index (χ4n) is 2.89. The van der Waals surface area contributed by atoms with E-state index < -0.39 is 34.5 Å². The van der Waals surface area contributed by atoms with Crippen molar-refractivity contribution in [2.75, 3.05) is 6.61 Å². The number of aliphatic hydroxyl groups excluding tert-OH is 1. The molecule has 2 aromatic rings. The first kappa shape index (κ1) is 16.1. The van der Waals surface area contributed by atoms with Gasteiger partial charge in [-0.2, -0.15) is 0 Å². The summed E-state index contributed by atoms with van der Waals surface area (Å²) >= 11 is 0. The van der Waals surface area contributed by atoms with E-state index in [0.717, 1.165) is 0 Å². The first-order valence-corrected chi connectivity index (χ1v) is 7.18. The van der Waals surface area contributed by atoms with E-state index in [1.54, 1.807) is 11.5 Å². The number of aliphatic hydroxyl groups is 1. The van der Waals surface area contributed by atoms with Gasteiger partial charge in [0.15, 0.2) is 0 Å². The first-order chi connectivity index (χ1) is 11.4. The van der Waals surface area contributed by atoms with Crippen molar-refractivity contribution < 1.29 is 14.8 Å². The summed E-state index contributed by atoms with van der Waals surface area (Å²) in [5.41, 5.74) is -1.15. The lowest BCUT2D eigenvalue weighted by atomic mass is 10.1. The minimum absolute atomic E-state index is 0.283. The van der Waals surface area contributed by atoms with Gasteiger partial charge in [0.2, 0.25) is 5.82 Å². The average Bonchev–Trinajstić information content (AvgIpc) is 3.10. The predicted molar refractivity (Wildman–Crippen MR) is 79.6 cm³/mol. The molecular weight excluding hydrogens is 322 g/mol. The second-order valence-corrected chi connectivity index (χ2v) is 5.44. The van der Waals surface area contributed by atoms with E-state index in [4.69, 9.17) is 4.74 Å². The molecule has 0 saturated carbocycles. The first-order valence-electron chi connectivity index (χ1n) is 7.18. The van der Waals surface area contributed by atoms with Gasteiger partial charge in [0.1, 0.15) is 18.5 Å². The van der Waals surface area contributed by atoms with Gasteiger partial charge in [0, 0.05) is 25.6 Å². The van der Waals surface area contributed by atoms with Crippen LogP contribution in [0.25, 0.3) is 0 Å². The summed E-state index contributed by atoms with van der Waals surface area (Å²) in [6.45, 7) is 1.28. The molecule has 0 radical (unpaired) electrons. The molecule has 1 saturated heterocycles. The molecule has 0 bridgehead atoms. The number of aromatic nitrogens is 4. The van der Waals surface area contributed by atoms with Crippen LogP contribution in [0.4, 0.5) is 5.82 Å². The zero-order chi connectivity index (χ0) is 17.4. The molecule has 11 nitrogen and oxygen atoms in total. The molecule has 1 unspecified atom stereocenters. The number of ether oxygens (including phenoxy) is 1. The third-order valence-electron chi connectivity index (χ3n) is 3.99. The number of H-pyrrole nitrogens is 1. The van der Waals surface area contributed by atoms with Crippen molar-refractivity contribution in [2.45, 2.75) is 31.7 Å². The third kappa shape index (κ3) is 2.74. The quantitative estimate of drug-likeness (QED) is 0.563. The second-order valence-electron chi connectivity index (χ2n) is 5.44. The Balaban J connectivity index is 1.94. The van der Waals surface area contributed by atoms with E-state index in [-0.39, 0.29) is 18.8 Å². The van der Waals surface area contributed by atoms with Gasteiger partial charge in [-0.15, -0.1) is 0 Å². The van der Waals surface area contributed by atoms with Gasteiger partial charge in [-0.25, -0.2) is 4.79 Å². The Bertz CT molecular complexity index is 883. The van der Waals surface area contributed by atoms with E-state index >= 15 is 0 Å². The lowest BCUT2D eigenvalue weighted by molar-refractivity contribution is -0.389. The monoisotopic (exact) mass is 337 g/mol. The Morgan fingerprint density at radius 2 is 2.25 bits per heavy atom. The number of rotatable bonds is 4. The maximum Gasteiger partial charge on any atom is 0.381 e. The predicted octanol–water partition coefficient (Wildman–Crippen LogP) is -0.529. The Hall–Kier alpha value is -2.79. The van der Waals surface area contributed by atoms with Crippen molar-refractivity contribution in [3.8, 4) is 0 Å². The molecule has 1 aliphatic rings. The van der Waals surface area contributed by atoms with Crippen molar-refractivity contribution in [2.24, 2.45) is 0 Å². The van der Waals surface area contributed by atoms with Crippen molar-refractivity contribution >= 4 is 5.82 Å². The topological polar surface area (TPSA) is 145 Å². The summed E-state index contributed by atoms with van der Waals surface area (Å²) in [4.78, 5) is 39.3. The SMILES string of the molecule is Cc1nc([N+](=O)[O-])cn1C1C[C@H](n2ccc(=O)[nH]c2=O)O[C@@H]1CO. The Kier molecular flexibility index (Phi) is 4.03. The fourth-order valence-corrected chi connectivity index (χ4v) is 2.89. The number of nitrogens with one attached hydrogen (secondary N) is 1. The Morgan fingerprint density at radius 1 is 1.50 bits per heavy atom. The average molecular weight is 337 g/mol. The lowest BCUT2D eigenvalue weighted by Crippen LogP contribution is -2.31. The van der Waals surface area contributed by atoms with Crippen LogP contribution in [-0.4, -0.2) is 41.8 Å². The van der Waals surface area contributed by atoms with Crippen LogP contribution in [-0.2, 0) is 4.74 Å². The van der Waals surface area contributed by atoms with Gasteiger partial charge in [-0.3, -0.25) is 14.3 Å². The molecule has 2 N–H and O–H groups in total. The second kappa shape index (κ2) is 6.02. The highest BCUT2D eigenvalue weighted by molar-refractivity contribution is 5.18. The number of nitrogens with zero attached hydrogens (tertiary/aromatic N) is 4. The molecule has 1 aliphatic heterocycles. The number of hydrogen-bond acceptors (Lipinski definition) is 7. The van der Waals surface area contributed by atoms with Crippen molar-refractivity contribution in [3.63, 3.8) is 0 Å². The third-order valence-corrected chi connectivity index (χ3v) is 3.99. The minimum atomic E-state index is -0.711. The largest absolute Gasteiger partial charge is 0.394 e. The number of aryl methyl sites for hydroxylation is 1. The summed E-state index contributed by atoms with van der Waals surface area (Å²) in [6, 6.07) is 0.763. The minimum Gasteiger partial charge on any atom is -0.394 e. The molecule has 24 heavy (non-hydrogen) atoms. The van der Waals surface area contributed by atoms with Crippen LogP contribution in [0, 0.1) is 17.0 Å². The Labute approximate surface area is 134 Å². The Morgan fingerprint density at radius 3 is 2.83 bits per heavy atom. The summed E-state index contributed by atoms with van der Waals surface area (Å²) in [5.74, 6) is 0.108. The lowest BCUT2D eigenvalue weighted by Gasteiger charge is -2.16. The van der Waals surface area contributed by atoms with Gasteiger partial charge in [0.05, 0.1) is 12.6 Å². The zero-order valence-corrected chi connectivity index (χ0v) is 12.7. The molecule has 1 fully saturated rings. The van der Waals surface area contributed by atoms with E-state index in [2.05, 4.69) is 9.97 Å². The van der Waals surface area contributed by atoms with E-state index in [1.165, 1.54) is 23.0 Å². The molecule has 11 heteroatoms. The maximum atomic E-state index is 11.9. The standard InChI is InChI=1S/C13H15N5O6/c1-7-14-10(18(22)23)5-17(7)8-4-12(24-9(8)6-19)16-3-2-11(20)15-13(16)21/h2-3,5,8-9,12,19H,4,6H2,1H3,(H,15,20,21)/t8?,9-,12-/m1/s1. The van der Waals surface area contributed by atoms with E-state index in [9.17, 15) is 24.8 Å². The molecule has 3 heterocycles. The van der Waals surface area contributed by atoms with Gasteiger partial charge >= 0.3 is 11.5 Å². The van der Waals surface area contributed by atoms with Crippen molar-refractivity contribution in [1.82, 2.24) is 19.1 Å². The van der Waals surface area contributed by atoms with Gasteiger partial charge < -0.3 is 24.5 Å². The van der Waals surface area contributed by atoms with Crippen molar-refractivity contribution in [1.29, 1.82) is 0 Å². The van der Waals surface area contributed by atoms with Crippen molar-refractivity contribution in [3.05, 3.63) is 55.2 Å². The molecule has 0 aromatic carbocycles. The highest BCUT2D eigenvalue weighted by Gasteiger charge is 2.39. The number of imidazole rings is 1. The summed E-state index contributed by atoms with van der Waals surface area (Å²) in [7, 11) is 0. The van der Waals surface area contributed by atoms with Crippen LogP contribution < -0.4 is 11.2 Å². The highest BCUT2D eigenvalue weighted by atomic mass is 16.6. The van der Waals surface area contributed by atoms with E-state index in [0.29, 0.717) is 5.82 Å². The molecule has 0 spiro atoms. The van der Waals surface area contributed by atoms with Gasteiger partial charge in [0.25, 0.3) is 5.56 Å². The fraction of sp³-hybridized carbons (Fsp3) is 0.462. The van der Waals surface area contributed by atoms with Crippen LogP contribution in [0.15, 0.2) is 28.0 Å². The molecule has 2 aromatic heterocycles. The zero-order valence-electron chi connectivity index (χ0n) is 12.7. The van der Waals surface area contributed by atoms with E-state index in [1.807, 2.05) is 0 Å². The molecule has 3 rings (SSSR count). The van der Waals surface area contributed by atoms with Crippen LogP contribution in [0.1, 0.15) is 24.5 Å². The summed E-state index contributed by atoms with van der Waals surface area (Å²) in [6.07, 6.45) is 1.50. The van der Waals surface area contributed by atoms with Crippen LogP contribution in [0.5, 0.6) is 0 Å². The number of hydrogen-bond donors (Lipinski definition) is 2. The van der Waals surface area contributed by atoms with Crippen LogP contribution in [0.3, 0.4) is 0 Å². The van der Waals surface area contributed by atoms with Gasteiger partial charge in [-0.05, 0) is 9.91 Å². The molecule has 3 atom stereocenters. The maximum absolute atomic E-state index is 11.9. The number of nitro groups is 1. The normalized spacial score (nSPS) is 23.5. The van der Waals surface area contributed by atoms with Crippen LogP contribution in [0.2, 0.25) is 0 Å². The molecular formula is C13H15N5O6. The molecule has 0 aliphatic carbocycles. The van der Waals surface area contributed by atoms with Crippen LogP contribution >= 0.6 is 0 Å². The number of aromatic amines is 1. The summed E-state index contributed by atoms with van der Waals surface area (Å²) in [5, 5.41) is 20.4. The van der Waals surface area contributed by atoms with Gasteiger partial charge in [-0.1, -0.05) is 0 Å². The molecule has 0 amide bonds. The smallest absolute Gasteiger partial charge is 0.381 e. The molecule has 128 valence electrons. The highest BCUT2D eigenvalue weighted by Crippen LogP contribution is 2.37.